The number of pyridine rings is 1. The Hall–Kier alpha value is -4.08. The summed E-state index contributed by atoms with van der Waals surface area (Å²) in [5.74, 6) is -2.31. The van der Waals surface area contributed by atoms with Gasteiger partial charge in [0.05, 0.1) is 11.3 Å². The molecule has 5 rings (SSSR count). The number of amides is 2. The molecule has 1 aliphatic rings. The molecule has 10 heteroatoms. The lowest BCUT2D eigenvalue weighted by Gasteiger charge is -2.23. The fourth-order valence-corrected chi connectivity index (χ4v) is 5.33. The standard InChI is InChI=1S/C26H17ClFN3O4S/c27-23-19(2-1-10-29-23)24(32)30-17-6-3-14(4-7-17)25(33)31-11-9-15-12-21(26(34)35)36-22(15)18-8-5-16(28)13-20(18)31/h1-8,10,12-13H,9,11H2,(H,30,32)(H,34,35). The molecule has 0 spiro atoms. The Bertz CT molecular complexity index is 1520. The Morgan fingerprint density at radius 1 is 1.08 bits per heavy atom. The zero-order chi connectivity index (χ0) is 25.4. The van der Waals surface area contributed by atoms with Crippen molar-refractivity contribution in [1.82, 2.24) is 4.98 Å². The van der Waals surface area contributed by atoms with Crippen LogP contribution in [0, 0.1) is 5.82 Å². The van der Waals surface area contributed by atoms with Gasteiger partial charge in [-0.3, -0.25) is 9.59 Å². The number of nitrogens with zero attached hydrogens (tertiary/aromatic N) is 2. The summed E-state index contributed by atoms with van der Waals surface area (Å²) >= 11 is 7.08. The van der Waals surface area contributed by atoms with Crippen LogP contribution in [0.25, 0.3) is 10.4 Å². The summed E-state index contributed by atoms with van der Waals surface area (Å²) in [4.78, 5) is 43.7. The van der Waals surface area contributed by atoms with Gasteiger partial charge in [0.2, 0.25) is 0 Å². The molecule has 7 nitrogen and oxygen atoms in total. The highest BCUT2D eigenvalue weighted by Gasteiger charge is 2.28. The van der Waals surface area contributed by atoms with Crippen molar-refractivity contribution in [3.05, 3.63) is 99.4 Å². The second kappa shape index (κ2) is 9.52. The molecule has 0 bridgehead atoms. The van der Waals surface area contributed by atoms with Crippen LogP contribution in [-0.4, -0.2) is 34.4 Å². The van der Waals surface area contributed by atoms with Crippen LogP contribution in [0.4, 0.5) is 15.8 Å². The first-order chi connectivity index (χ1) is 17.3. The van der Waals surface area contributed by atoms with Crippen LogP contribution in [0.1, 0.15) is 36.0 Å². The number of carbonyl (C=O) groups is 3. The van der Waals surface area contributed by atoms with Crippen LogP contribution in [0.5, 0.6) is 0 Å². The van der Waals surface area contributed by atoms with Gasteiger partial charge in [0.15, 0.2) is 0 Å². The Balaban J connectivity index is 1.42. The van der Waals surface area contributed by atoms with Crippen LogP contribution >= 0.6 is 22.9 Å². The molecule has 0 fully saturated rings. The molecule has 0 unspecified atom stereocenters. The second-order valence-corrected chi connectivity index (χ2v) is 9.42. The number of halogens is 2. The number of carboxylic acid groups (broad SMARTS) is 1. The third-order valence-electron chi connectivity index (χ3n) is 5.76. The molecular formula is C26H17ClFN3O4S. The summed E-state index contributed by atoms with van der Waals surface area (Å²) in [7, 11) is 0. The lowest BCUT2D eigenvalue weighted by atomic mass is 10.1. The molecule has 2 amide bonds. The summed E-state index contributed by atoms with van der Waals surface area (Å²) in [5.41, 5.74) is 2.81. The van der Waals surface area contributed by atoms with E-state index < -0.39 is 17.7 Å². The van der Waals surface area contributed by atoms with Gasteiger partial charge in [-0.25, -0.2) is 14.2 Å². The molecule has 3 heterocycles. The second-order valence-electron chi connectivity index (χ2n) is 8.01. The van der Waals surface area contributed by atoms with E-state index in [2.05, 4.69) is 10.3 Å². The smallest absolute Gasteiger partial charge is 0.345 e. The van der Waals surface area contributed by atoms with Gasteiger partial charge in [-0.05, 0) is 72.6 Å². The molecule has 1 aliphatic heterocycles. The normalized spacial score (nSPS) is 12.3. The summed E-state index contributed by atoms with van der Waals surface area (Å²) in [6, 6.07) is 15.2. The number of benzene rings is 2. The predicted octanol–water partition coefficient (Wildman–Crippen LogP) is 5.76. The Kier molecular flexibility index (Phi) is 6.26. The third-order valence-corrected chi connectivity index (χ3v) is 7.26. The number of carbonyl (C=O) groups excluding carboxylic acids is 2. The first kappa shape index (κ1) is 23.7. The van der Waals surface area contributed by atoms with Crippen molar-refractivity contribution in [2.75, 3.05) is 16.8 Å². The van der Waals surface area contributed by atoms with Gasteiger partial charge in [-0.2, -0.15) is 0 Å². The van der Waals surface area contributed by atoms with E-state index in [0.29, 0.717) is 33.8 Å². The van der Waals surface area contributed by atoms with E-state index in [4.69, 9.17) is 11.6 Å². The Morgan fingerprint density at radius 3 is 2.58 bits per heavy atom. The number of aromatic nitrogens is 1. The molecule has 36 heavy (non-hydrogen) atoms. The zero-order valence-corrected chi connectivity index (χ0v) is 20.1. The van der Waals surface area contributed by atoms with Crippen molar-refractivity contribution in [2.24, 2.45) is 0 Å². The van der Waals surface area contributed by atoms with E-state index in [1.807, 2.05) is 0 Å². The first-order valence-electron chi connectivity index (χ1n) is 10.8. The Labute approximate surface area is 213 Å². The van der Waals surface area contributed by atoms with Crippen LogP contribution in [0.2, 0.25) is 5.15 Å². The number of aromatic carboxylic acids is 1. The van der Waals surface area contributed by atoms with Crippen molar-refractivity contribution in [2.45, 2.75) is 6.42 Å². The van der Waals surface area contributed by atoms with Crippen LogP contribution in [0.15, 0.2) is 66.9 Å². The Morgan fingerprint density at radius 2 is 1.86 bits per heavy atom. The van der Waals surface area contributed by atoms with Crippen LogP contribution in [-0.2, 0) is 6.42 Å². The average Bonchev–Trinajstić information content (AvgIpc) is 3.23. The quantitative estimate of drug-likeness (QED) is 0.333. The summed E-state index contributed by atoms with van der Waals surface area (Å²) in [6.07, 6.45) is 1.90. The number of thiophene rings is 1. The molecule has 0 aliphatic carbocycles. The molecule has 4 aromatic rings. The highest BCUT2D eigenvalue weighted by Crippen LogP contribution is 2.42. The minimum atomic E-state index is -1.03. The molecule has 0 radical (unpaired) electrons. The van der Waals surface area contributed by atoms with E-state index in [0.717, 1.165) is 16.9 Å². The van der Waals surface area contributed by atoms with E-state index in [1.165, 1.54) is 23.2 Å². The molecular weight excluding hydrogens is 505 g/mol. The minimum absolute atomic E-state index is 0.0813. The molecule has 2 aromatic heterocycles. The largest absolute Gasteiger partial charge is 0.477 e. The van der Waals surface area contributed by atoms with E-state index in [-0.39, 0.29) is 28.0 Å². The number of hydrogen-bond donors (Lipinski definition) is 2. The highest BCUT2D eigenvalue weighted by atomic mass is 35.5. The summed E-state index contributed by atoms with van der Waals surface area (Å²) in [6.45, 7) is 0.246. The molecule has 0 saturated carbocycles. The number of carboxylic acids is 1. The van der Waals surface area contributed by atoms with E-state index in [9.17, 15) is 23.9 Å². The lowest BCUT2D eigenvalue weighted by Crippen LogP contribution is -2.32. The SMILES string of the molecule is O=C(O)c1cc2c(s1)-c1ccc(F)cc1N(C(=O)c1ccc(NC(=O)c3cccnc3Cl)cc1)CC2. The number of rotatable bonds is 4. The van der Waals surface area contributed by atoms with Crippen LogP contribution in [0.3, 0.4) is 0 Å². The minimum Gasteiger partial charge on any atom is -0.477 e. The van der Waals surface area contributed by atoms with Crippen molar-refractivity contribution in [3.63, 3.8) is 0 Å². The van der Waals surface area contributed by atoms with E-state index in [1.54, 1.807) is 48.5 Å². The monoisotopic (exact) mass is 521 g/mol. The number of anilines is 2. The van der Waals surface area contributed by atoms with Gasteiger partial charge >= 0.3 is 5.97 Å². The summed E-state index contributed by atoms with van der Waals surface area (Å²) in [5, 5.41) is 12.2. The maximum absolute atomic E-state index is 14.2. The van der Waals surface area contributed by atoms with Crippen molar-refractivity contribution >= 4 is 52.1 Å². The topological polar surface area (TPSA) is 99.6 Å². The number of nitrogens with one attached hydrogen (secondary N) is 1. The third kappa shape index (κ3) is 4.46. The van der Waals surface area contributed by atoms with Crippen molar-refractivity contribution < 1.29 is 23.9 Å². The van der Waals surface area contributed by atoms with Gasteiger partial charge in [0, 0.05) is 34.4 Å². The maximum Gasteiger partial charge on any atom is 0.345 e. The van der Waals surface area contributed by atoms with Gasteiger partial charge < -0.3 is 15.3 Å². The average molecular weight is 522 g/mol. The number of hydrogen-bond acceptors (Lipinski definition) is 5. The predicted molar refractivity (Wildman–Crippen MR) is 136 cm³/mol. The molecule has 0 atom stereocenters. The highest BCUT2D eigenvalue weighted by molar-refractivity contribution is 7.17. The molecule has 2 aromatic carbocycles. The fourth-order valence-electron chi connectivity index (χ4n) is 4.04. The van der Waals surface area contributed by atoms with Gasteiger partial charge in [-0.15, -0.1) is 11.3 Å². The van der Waals surface area contributed by atoms with Gasteiger partial charge in [0.25, 0.3) is 11.8 Å². The molecule has 180 valence electrons. The number of fused-ring (bicyclic) bond motifs is 3. The van der Waals surface area contributed by atoms with Crippen molar-refractivity contribution in [1.29, 1.82) is 0 Å². The van der Waals surface area contributed by atoms with Gasteiger partial charge in [-0.1, -0.05) is 11.6 Å². The van der Waals surface area contributed by atoms with Crippen LogP contribution < -0.4 is 10.2 Å². The first-order valence-corrected chi connectivity index (χ1v) is 12.0. The fraction of sp³-hybridized carbons (Fsp3) is 0.0769. The summed E-state index contributed by atoms with van der Waals surface area (Å²) < 4.78 is 14.2. The van der Waals surface area contributed by atoms with Gasteiger partial charge in [0.1, 0.15) is 15.8 Å². The van der Waals surface area contributed by atoms with Crippen molar-refractivity contribution in [3.8, 4) is 10.4 Å². The molecule has 0 saturated heterocycles. The maximum atomic E-state index is 14.2. The van der Waals surface area contributed by atoms with E-state index >= 15 is 0 Å². The zero-order valence-electron chi connectivity index (χ0n) is 18.5. The molecule has 2 N–H and O–H groups in total. The lowest BCUT2D eigenvalue weighted by molar-refractivity contribution is 0.0701.